The van der Waals surface area contributed by atoms with Crippen LogP contribution in [0.2, 0.25) is 0 Å². The Morgan fingerprint density at radius 1 is 1.67 bits per heavy atom. The van der Waals surface area contributed by atoms with Crippen LogP contribution in [0.1, 0.15) is 33.6 Å². The van der Waals surface area contributed by atoms with Crippen LogP contribution in [0.15, 0.2) is 0 Å². The second kappa shape index (κ2) is 6.02. The maximum Gasteiger partial charge on any atom is 0.252 e. The molecular weight excluding hydrogens is 212 g/mol. The number of amides is 1. The van der Waals surface area contributed by atoms with Gasteiger partial charge in [-0.05, 0) is 20.3 Å². The van der Waals surface area contributed by atoms with E-state index in [-0.39, 0.29) is 11.9 Å². The molecule has 0 aromatic rings. The Bertz CT molecular complexity index is 240. The largest absolute Gasteiger partial charge is 0.393 e. The molecule has 3 N–H and O–H groups in total. The van der Waals surface area contributed by atoms with Gasteiger partial charge in [-0.25, -0.2) is 0 Å². The minimum atomic E-state index is -0.773. The Hall–Kier alpha value is -0.680. The zero-order chi connectivity index (χ0) is 12.1. The van der Waals surface area contributed by atoms with Gasteiger partial charge >= 0.3 is 0 Å². The van der Waals surface area contributed by atoms with Gasteiger partial charge in [-0.3, -0.25) is 4.79 Å². The molecule has 4 nitrogen and oxygen atoms in total. The van der Waals surface area contributed by atoms with Crippen molar-refractivity contribution in [2.24, 2.45) is 5.73 Å². The van der Waals surface area contributed by atoms with Gasteiger partial charge in [0.1, 0.15) is 5.60 Å². The van der Waals surface area contributed by atoms with E-state index in [2.05, 4.69) is 5.32 Å². The maximum absolute atomic E-state index is 11.8. The molecule has 1 amide bonds. The number of thiocarbonyl (C=S) groups is 1. The summed E-state index contributed by atoms with van der Waals surface area (Å²) in [4.78, 5) is 12.2. The molecule has 0 saturated carbocycles. The molecule has 0 heterocycles. The highest BCUT2D eigenvalue weighted by molar-refractivity contribution is 7.80. The van der Waals surface area contributed by atoms with Crippen LogP contribution in [0.3, 0.4) is 0 Å². The van der Waals surface area contributed by atoms with Crippen molar-refractivity contribution in [3.63, 3.8) is 0 Å². The van der Waals surface area contributed by atoms with Gasteiger partial charge in [0.15, 0.2) is 0 Å². The number of hydrogen-bond donors (Lipinski definition) is 2. The van der Waals surface area contributed by atoms with Gasteiger partial charge in [0.2, 0.25) is 0 Å². The molecule has 2 unspecified atom stereocenters. The van der Waals surface area contributed by atoms with Crippen molar-refractivity contribution in [2.75, 3.05) is 7.11 Å². The third-order valence-corrected chi connectivity index (χ3v) is 2.66. The van der Waals surface area contributed by atoms with Crippen molar-refractivity contribution < 1.29 is 9.53 Å². The molecule has 0 aliphatic rings. The van der Waals surface area contributed by atoms with Crippen LogP contribution in [-0.2, 0) is 9.53 Å². The summed E-state index contributed by atoms with van der Waals surface area (Å²) in [6.45, 7) is 5.53. The standard InChI is InChI=1S/C10H20N2O2S/c1-5-10(3,14-4)9(13)12-7(2)6-8(11)15/h7H,5-6H2,1-4H3,(H2,11,15)(H,12,13). The third kappa shape index (κ3) is 4.57. The monoisotopic (exact) mass is 232 g/mol. The highest BCUT2D eigenvalue weighted by Crippen LogP contribution is 2.14. The summed E-state index contributed by atoms with van der Waals surface area (Å²) in [5.41, 5.74) is 4.62. The second-order valence-electron chi connectivity index (χ2n) is 3.83. The maximum atomic E-state index is 11.8. The molecule has 0 radical (unpaired) electrons. The number of rotatable bonds is 6. The molecular formula is C10H20N2O2S. The first-order valence-electron chi connectivity index (χ1n) is 5.00. The summed E-state index contributed by atoms with van der Waals surface area (Å²) in [5.74, 6) is -0.128. The van der Waals surface area contributed by atoms with Gasteiger partial charge in [0.05, 0.1) is 4.99 Å². The van der Waals surface area contributed by atoms with E-state index < -0.39 is 5.60 Å². The topological polar surface area (TPSA) is 64.3 Å². The number of carbonyl (C=O) groups is 1. The Morgan fingerprint density at radius 2 is 2.20 bits per heavy atom. The molecule has 0 aromatic heterocycles. The molecule has 15 heavy (non-hydrogen) atoms. The average Bonchev–Trinajstić information content (AvgIpc) is 2.15. The second-order valence-corrected chi connectivity index (χ2v) is 4.36. The van der Waals surface area contributed by atoms with E-state index in [9.17, 15) is 4.79 Å². The van der Waals surface area contributed by atoms with E-state index in [0.717, 1.165) is 0 Å². The first-order chi connectivity index (χ1) is 6.85. The SMILES string of the molecule is CCC(C)(OC)C(=O)NC(C)CC(N)=S. The normalized spacial score (nSPS) is 16.5. The zero-order valence-corrected chi connectivity index (χ0v) is 10.6. The fourth-order valence-corrected chi connectivity index (χ4v) is 1.38. The van der Waals surface area contributed by atoms with Crippen molar-refractivity contribution >= 4 is 23.1 Å². The smallest absolute Gasteiger partial charge is 0.252 e. The summed E-state index contributed by atoms with van der Waals surface area (Å²) in [5, 5.41) is 2.82. The number of ether oxygens (including phenoxy) is 1. The summed E-state index contributed by atoms with van der Waals surface area (Å²) >= 11 is 4.77. The van der Waals surface area contributed by atoms with E-state index >= 15 is 0 Å². The quantitative estimate of drug-likeness (QED) is 0.670. The minimum absolute atomic E-state index is 0.0592. The Labute approximate surface area is 96.5 Å². The van der Waals surface area contributed by atoms with E-state index in [1.807, 2.05) is 13.8 Å². The summed E-state index contributed by atoms with van der Waals surface area (Å²) in [6, 6.07) is -0.0592. The van der Waals surface area contributed by atoms with Crippen LogP contribution in [0, 0.1) is 0 Å². The lowest BCUT2D eigenvalue weighted by Gasteiger charge is -2.27. The molecule has 5 heteroatoms. The molecule has 0 aliphatic carbocycles. The predicted molar refractivity (Wildman–Crippen MR) is 64.7 cm³/mol. The lowest BCUT2D eigenvalue weighted by Crippen LogP contribution is -2.49. The molecule has 0 saturated heterocycles. The molecule has 0 rings (SSSR count). The van der Waals surface area contributed by atoms with Crippen LogP contribution < -0.4 is 11.1 Å². The Balaban J connectivity index is 4.28. The lowest BCUT2D eigenvalue weighted by molar-refractivity contribution is -0.142. The van der Waals surface area contributed by atoms with Gasteiger partial charge in [-0.1, -0.05) is 19.1 Å². The van der Waals surface area contributed by atoms with E-state index in [1.165, 1.54) is 7.11 Å². The molecule has 0 spiro atoms. The Morgan fingerprint density at radius 3 is 2.53 bits per heavy atom. The molecule has 0 aromatic carbocycles. The number of nitrogens with one attached hydrogen (secondary N) is 1. The van der Waals surface area contributed by atoms with Crippen molar-refractivity contribution in [1.29, 1.82) is 0 Å². The van der Waals surface area contributed by atoms with E-state index in [0.29, 0.717) is 17.8 Å². The Kier molecular flexibility index (Phi) is 5.75. The molecule has 2 atom stereocenters. The summed E-state index contributed by atoms with van der Waals surface area (Å²) < 4.78 is 5.18. The number of nitrogens with two attached hydrogens (primary N) is 1. The van der Waals surface area contributed by atoms with Gasteiger partial charge in [-0.2, -0.15) is 0 Å². The lowest BCUT2D eigenvalue weighted by atomic mass is 10.0. The molecule has 0 fully saturated rings. The van der Waals surface area contributed by atoms with Crippen LogP contribution in [-0.4, -0.2) is 29.6 Å². The molecule has 0 bridgehead atoms. The molecule has 88 valence electrons. The van der Waals surface area contributed by atoms with Crippen LogP contribution >= 0.6 is 12.2 Å². The van der Waals surface area contributed by atoms with Gasteiger partial charge in [-0.15, -0.1) is 0 Å². The van der Waals surface area contributed by atoms with Gasteiger partial charge in [0.25, 0.3) is 5.91 Å². The zero-order valence-electron chi connectivity index (χ0n) is 9.79. The number of methoxy groups -OCH3 is 1. The first-order valence-corrected chi connectivity index (χ1v) is 5.41. The predicted octanol–water partition coefficient (Wildman–Crippen LogP) is 0.982. The van der Waals surface area contributed by atoms with E-state index in [4.69, 9.17) is 22.7 Å². The average molecular weight is 232 g/mol. The third-order valence-electron chi connectivity index (χ3n) is 2.49. The summed E-state index contributed by atoms with van der Waals surface area (Å²) in [7, 11) is 1.53. The van der Waals surface area contributed by atoms with Gasteiger partial charge < -0.3 is 15.8 Å². The van der Waals surface area contributed by atoms with Gasteiger partial charge in [0, 0.05) is 19.6 Å². The van der Waals surface area contributed by atoms with Crippen molar-refractivity contribution in [3.8, 4) is 0 Å². The molecule has 0 aliphatic heterocycles. The highest BCUT2D eigenvalue weighted by Gasteiger charge is 2.31. The van der Waals surface area contributed by atoms with Crippen LogP contribution in [0.25, 0.3) is 0 Å². The number of hydrogen-bond acceptors (Lipinski definition) is 3. The van der Waals surface area contributed by atoms with Crippen LogP contribution in [0.4, 0.5) is 0 Å². The number of carbonyl (C=O) groups excluding carboxylic acids is 1. The van der Waals surface area contributed by atoms with E-state index in [1.54, 1.807) is 6.92 Å². The van der Waals surface area contributed by atoms with Crippen LogP contribution in [0.5, 0.6) is 0 Å². The first kappa shape index (κ1) is 14.3. The van der Waals surface area contributed by atoms with Crippen molar-refractivity contribution in [2.45, 2.75) is 45.3 Å². The fraction of sp³-hybridized carbons (Fsp3) is 0.800. The highest BCUT2D eigenvalue weighted by atomic mass is 32.1. The fourth-order valence-electron chi connectivity index (χ4n) is 1.13. The summed E-state index contributed by atoms with van der Waals surface area (Å²) in [6.07, 6.45) is 1.12. The van der Waals surface area contributed by atoms with Crippen molar-refractivity contribution in [3.05, 3.63) is 0 Å². The van der Waals surface area contributed by atoms with Crippen molar-refractivity contribution in [1.82, 2.24) is 5.32 Å². The minimum Gasteiger partial charge on any atom is -0.393 e.